The van der Waals surface area contributed by atoms with Crippen molar-refractivity contribution in [2.45, 2.75) is 64.2 Å². The number of ether oxygens (including phenoxy) is 2. The number of aromatic amines is 1. The van der Waals surface area contributed by atoms with E-state index in [9.17, 15) is 9.59 Å². The molecular weight excluding hydrogens is 552 g/mol. The molecule has 3 aromatic rings. The summed E-state index contributed by atoms with van der Waals surface area (Å²) in [7, 11) is 3.33. The second-order valence-electron chi connectivity index (χ2n) is 13.2. The van der Waals surface area contributed by atoms with Gasteiger partial charge in [-0.25, -0.2) is 0 Å². The Morgan fingerprint density at radius 3 is 2.32 bits per heavy atom. The molecule has 3 aliphatic heterocycles. The number of hydrogen-bond acceptors (Lipinski definition) is 5. The Hall–Kier alpha value is -3.52. The number of carbonyl (C=O) groups excluding carboxylic acids is 2. The first-order valence-electron chi connectivity index (χ1n) is 16.5. The largest absolute Gasteiger partial charge is 0.493 e. The molecule has 236 valence electrons. The monoisotopic (exact) mass is 600 g/mol. The number of rotatable bonds is 8. The van der Waals surface area contributed by atoms with Gasteiger partial charge >= 0.3 is 0 Å². The quantitative estimate of drug-likeness (QED) is 0.342. The zero-order chi connectivity index (χ0) is 30.8. The summed E-state index contributed by atoms with van der Waals surface area (Å²) in [6.07, 6.45) is 6.12. The molecule has 6 rings (SSSR count). The third-order valence-corrected chi connectivity index (χ3v) is 10.1. The molecule has 0 saturated carbocycles. The molecule has 3 saturated heterocycles. The van der Waals surface area contributed by atoms with Gasteiger partial charge in [0.25, 0.3) is 0 Å². The van der Waals surface area contributed by atoms with Gasteiger partial charge in [0.05, 0.1) is 32.4 Å². The molecule has 0 bridgehead atoms. The first-order valence-corrected chi connectivity index (χ1v) is 16.5. The van der Waals surface area contributed by atoms with Gasteiger partial charge in [-0.3, -0.25) is 14.5 Å². The first kappa shape index (κ1) is 30.5. The second-order valence-corrected chi connectivity index (χ2v) is 13.2. The third-order valence-electron chi connectivity index (χ3n) is 10.1. The fraction of sp³-hybridized carbons (Fsp3) is 0.556. The van der Waals surface area contributed by atoms with E-state index >= 15 is 0 Å². The van der Waals surface area contributed by atoms with Crippen LogP contribution in [0.1, 0.15) is 75.3 Å². The van der Waals surface area contributed by atoms with E-state index in [1.54, 1.807) is 14.2 Å². The van der Waals surface area contributed by atoms with E-state index in [0.717, 1.165) is 106 Å². The lowest BCUT2D eigenvalue weighted by atomic mass is 9.87. The van der Waals surface area contributed by atoms with Gasteiger partial charge in [-0.2, -0.15) is 0 Å². The van der Waals surface area contributed by atoms with Crippen LogP contribution in [0.25, 0.3) is 22.2 Å². The van der Waals surface area contributed by atoms with E-state index < -0.39 is 0 Å². The average Bonchev–Trinajstić information content (AvgIpc) is 3.73. The summed E-state index contributed by atoms with van der Waals surface area (Å²) in [6.45, 7) is 9.92. The predicted molar refractivity (Wildman–Crippen MR) is 174 cm³/mol. The molecule has 0 unspecified atom stereocenters. The zero-order valence-electron chi connectivity index (χ0n) is 26.9. The highest BCUT2D eigenvalue weighted by molar-refractivity contribution is 5.92. The molecule has 4 heterocycles. The number of amides is 2. The summed E-state index contributed by atoms with van der Waals surface area (Å²) in [4.78, 5) is 36.3. The number of hydrogen-bond donors (Lipinski definition) is 1. The van der Waals surface area contributed by atoms with Gasteiger partial charge in [0, 0.05) is 49.2 Å². The van der Waals surface area contributed by atoms with Crippen LogP contribution in [-0.4, -0.2) is 91.5 Å². The normalized spacial score (nSPS) is 20.1. The Morgan fingerprint density at radius 2 is 1.61 bits per heavy atom. The lowest BCUT2D eigenvalue weighted by Gasteiger charge is -2.36. The fourth-order valence-corrected chi connectivity index (χ4v) is 7.65. The summed E-state index contributed by atoms with van der Waals surface area (Å²) in [5.74, 6) is 2.76. The predicted octanol–water partition coefficient (Wildman–Crippen LogP) is 6.02. The second kappa shape index (κ2) is 13.2. The minimum atomic E-state index is 0.0479. The molecule has 2 amide bonds. The van der Waals surface area contributed by atoms with E-state index in [2.05, 4.69) is 48.0 Å². The van der Waals surface area contributed by atoms with Crippen LogP contribution in [0.2, 0.25) is 0 Å². The van der Waals surface area contributed by atoms with Gasteiger partial charge < -0.3 is 24.3 Å². The van der Waals surface area contributed by atoms with Crippen LogP contribution in [0.3, 0.4) is 0 Å². The number of methoxy groups -OCH3 is 2. The number of H-pyrrole nitrogens is 1. The number of carbonyl (C=O) groups is 2. The molecule has 1 N–H and O–H groups in total. The summed E-state index contributed by atoms with van der Waals surface area (Å²) in [5, 5.41) is 1.27. The van der Waals surface area contributed by atoms with Crippen molar-refractivity contribution in [2.75, 3.05) is 60.0 Å². The summed E-state index contributed by atoms with van der Waals surface area (Å²) in [6, 6.07) is 12.9. The molecule has 0 spiro atoms. The minimum Gasteiger partial charge on any atom is -0.493 e. The van der Waals surface area contributed by atoms with E-state index in [0.29, 0.717) is 24.3 Å². The molecule has 3 aliphatic rings. The Bertz CT molecular complexity index is 1480. The average molecular weight is 601 g/mol. The van der Waals surface area contributed by atoms with E-state index in [4.69, 9.17) is 9.47 Å². The Kier molecular flexibility index (Phi) is 9.17. The van der Waals surface area contributed by atoms with Gasteiger partial charge in [-0.1, -0.05) is 19.9 Å². The van der Waals surface area contributed by atoms with Crippen molar-refractivity contribution in [3.63, 3.8) is 0 Å². The number of aromatic nitrogens is 1. The molecule has 1 atom stereocenters. The smallest absolute Gasteiger partial charge is 0.236 e. The van der Waals surface area contributed by atoms with Crippen molar-refractivity contribution in [1.29, 1.82) is 0 Å². The van der Waals surface area contributed by atoms with E-state index in [-0.39, 0.29) is 11.8 Å². The molecule has 1 aromatic heterocycles. The van der Waals surface area contributed by atoms with Gasteiger partial charge in [0.15, 0.2) is 11.5 Å². The van der Waals surface area contributed by atoms with Gasteiger partial charge in [0.2, 0.25) is 11.8 Å². The Morgan fingerprint density at radius 1 is 0.864 bits per heavy atom. The number of nitrogens with one attached hydrogen (secondary N) is 1. The number of fused-ring (bicyclic) bond motifs is 1. The van der Waals surface area contributed by atoms with Crippen molar-refractivity contribution in [3.05, 3.63) is 47.5 Å². The highest BCUT2D eigenvalue weighted by Crippen LogP contribution is 2.40. The van der Waals surface area contributed by atoms with Crippen LogP contribution in [0, 0.1) is 5.92 Å². The third kappa shape index (κ3) is 6.19. The highest BCUT2D eigenvalue weighted by atomic mass is 16.5. The van der Waals surface area contributed by atoms with Crippen molar-refractivity contribution >= 4 is 22.7 Å². The van der Waals surface area contributed by atoms with Crippen molar-refractivity contribution in [2.24, 2.45) is 5.92 Å². The van der Waals surface area contributed by atoms with E-state index in [1.165, 1.54) is 16.5 Å². The maximum Gasteiger partial charge on any atom is 0.236 e. The van der Waals surface area contributed by atoms with Gasteiger partial charge in [-0.15, -0.1) is 0 Å². The van der Waals surface area contributed by atoms with Crippen molar-refractivity contribution < 1.29 is 19.1 Å². The fourth-order valence-electron chi connectivity index (χ4n) is 7.65. The molecule has 8 heteroatoms. The molecule has 0 aliphatic carbocycles. The summed E-state index contributed by atoms with van der Waals surface area (Å²) in [5.41, 5.74) is 6.00. The van der Waals surface area contributed by atoms with Crippen molar-refractivity contribution in [3.8, 4) is 22.8 Å². The Labute approximate surface area is 261 Å². The van der Waals surface area contributed by atoms with Gasteiger partial charge in [-0.05, 0) is 98.4 Å². The number of nitrogens with zero attached hydrogens (tertiary/aromatic N) is 3. The maximum absolute atomic E-state index is 13.3. The lowest BCUT2D eigenvalue weighted by molar-refractivity contribution is -0.139. The summed E-state index contributed by atoms with van der Waals surface area (Å²) < 4.78 is 11.0. The molecule has 2 aromatic carbocycles. The van der Waals surface area contributed by atoms with Crippen LogP contribution in [0.15, 0.2) is 36.4 Å². The summed E-state index contributed by atoms with van der Waals surface area (Å²) >= 11 is 0. The van der Waals surface area contributed by atoms with Crippen LogP contribution in [0.5, 0.6) is 11.5 Å². The molecular formula is C36H48N4O4. The molecule has 3 fully saturated rings. The topological polar surface area (TPSA) is 78.1 Å². The number of benzene rings is 2. The van der Waals surface area contributed by atoms with Gasteiger partial charge in [0.1, 0.15) is 0 Å². The number of likely N-dealkylation sites (tertiary alicyclic amines) is 3. The van der Waals surface area contributed by atoms with E-state index in [1.807, 2.05) is 21.9 Å². The molecule has 0 radical (unpaired) electrons. The van der Waals surface area contributed by atoms with Crippen LogP contribution < -0.4 is 9.47 Å². The zero-order valence-corrected chi connectivity index (χ0v) is 26.9. The standard InChI is InChI=1S/C36H48N4O4/c1-24(2)34-29-20-26(9-11-30(29)37-35(34)27-10-12-31(43-3)32(21-27)44-4)25-13-18-39(19-14-25)33(41)23-38-15-7-8-28(22-38)36(42)40-16-5-6-17-40/h9-12,20-21,24-25,28,37H,5-8,13-19,22-23H2,1-4H3/t28-/m1/s1. The molecule has 44 heavy (non-hydrogen) atoms. The minimum absolute atomic E-state index is 0.0479. The van der Waals surface area contributed by atoms with Crippen molar-refractivity contribution in [1.82, 2.24) is 19.7 Å². The molecule has 8 nitrogen and oxygen atoms in total. The lowest BCUT2D eigenvalue weighted by Crippen LogP contribution is -2.49. The highest BCUT2D eigenvalue weighted by Gasteiger charge is 2.32. The SMILES string of the molecule is COc1ccc(-c2[nH]c3ccc(C4CCN(C(=O)CN5CCC[C@@H](C(=O)N6CCCC6)C5)CC4)cc3c2C(C)C)cc1OC. The number of piperidine rings is 2. The van der Waals surface area contributed by atoms with Crippen LogP contribution in [-0.2, 0) is 9.59 Å². The maximum atomic E-state index is 13.3. The first-order chi connectivity index (χ1) is 21.4. The van der Waals surface area contributed by atoms with Crippen LogP contribution in [0.4, 0.5) is 0 Å². The Balaban J connectivity index is 1.11. The van der Waals surface area contributed by atoms with Crippen LogP contribution >= 0.6 is 0 Å².